The Bertz CT molecular complexity index is 1050. The lowest BCUT2D eigenvalue weighted by molar-refractivity contribution is -0.131. The molecule has 3 rings (SSSR count). The minimum Gasteiger partial charge on any atom is -0.447 e. The van der Waals surface area contributed by atoms with Crippen LogP contribution in [-0.4, -0.2) is 88.7 Å². The quantitative estimate of drug-likeness (QED) is 0.253. The van der Waals surface area contributed by atoms with Gasteiger partial charge < -0.3 is 25.0 Å². The fourth-order valence-electron chi connectivity index (χ4n) is 4.87. The fourth-order valence-corrected chi connectivity index (χ4v) is 4.87. The summed E-state index contributed by atoms with van der Waals surface area (Å²) in [6, 6.07) is 10.5. The number of carbonyl (C=O) groups excluding carboxylic acids is 2. The van der Waals surface area contributed by atoms with Crippen molar-refractivity contribution in [3.05, 3.63) is 47.5 Å². The molecule has 9 nitrogen and oxygen atoms in total. The average molecular weight is 532 g/mol. The van der Waals surface area contributed by atoms with E-state index >= 15 is 0 Å². The van der Waals surface area contributed by atoms with Crippen LogP contribution in [0.3, 0.4) is 0 Å². The molecule has 12 heteroatoms. The molecular formula is C26H35BF2N4O5. The third-order valence-corrected chi connectivity index (χ3v) is 7.09. The molecular weight excluding hydrogens is 497 g/mol. The second kappa shape index (κ2) is 12.7. The number of carbonyl (C=O) groups is 2. The van der Waals surface area contributed by atoms with Crippen LogP contribution in [0.4, 0.5) is 13.6 Å². The SMILES string of the molecule is CC(C)(C=C(C#N)C(=O)N1CCCC[C@@H]1COC(=O)NC(Cc1ccccc1)B(O)O)N1CCC(F)(F)C1. The number of halogens is 2. The van der Waals surface area contributed by atoms with Gasteiger partial charge in [-0.05, 0) is 51.2 Å². The summed E-state index contributed by atoms with van der Waals surface area (Å²) in [5.74, 6) is -4.33. The third-order valence-electron chi connectivity index (χ3n) is 7.09. The summed E-state index contributed by atoms with van der Waals surface area (Å²) in [6.07, 6.45) is 2.55. The zero-order valence-corrected chi connectivity index (χ0v) is 21.8. The number of rotatable bonds is 9. The highest BCUT2D eigenvalue weighted by atomic mass is 19.3. The molecule has 1 aromatic carbocycles. The zero-order valence-electron chi connectivity index (χ0n) is 21.8. The van der Waals surface area contributed by atoms with Gasteiger partial charge in [-0.15, -0.1) is 0 Å². The third kappa shape index (κ3) is 8.00. The second-order valence-electron chi connectivity index (χ2n) is 10.5. The zero-order chi connectivity index (χ0) is 27.9. The molecule has 1 unspecified atom stereocenters. The van der Waals surface area contributed by atoms with Crippen molar-refractivity contribution in [2.24, 2.45) is 0 Å². The molecule has 2 aliphatic heterocycles. The maximum atomic E-state index is 13.8. The molecule has 0 spiro atoms. The van der Waals surface area contributed by atoms with Gasteiger partial charge in [-0.25, -0.2) is 13.6 Å². The normalized spacial score (nSPS) is 20.9. The van der Waals surface area contributed by atoms with Crippen LogP contribution in [0.2, 0.25) is 0 Å². The lowest BCUT2D eigenvalue weighted by Crippen LogP contribution is -2.50. The molecule has 2 saturated heterocycles. The number of amides is 2. The first-order valence-corrected chi connectivity index (χ1v) is 12.8. The molecule has 0 aliphatic carbocycles. The van der Waals surface area contributed by atoms with E-state index in [-0.39, 0.29) is 31.6 Å². The first-order chi connectivity index (χ1) is 17.9. The molecule has 2 atom stereocenters. The van der Waals surface area contributed by atoms with E-state index in [1.165, 1.54) is 11.0 Å². The maximum Gasteiger partial charge on any atom is 0.475 e. The summed E-state index contributed by atoms with van der Waals surface area (Å²) in [7, 11) is -1.81. The van der Waals surface area contributed by atoms with Gasteiger partial charge in [0.05, 0.1) is 18.5 Å². The van der Waals surface area contributed by atoms with E-state index in [4.69, 9.17) is 4.74 Å². The van der Waals surface area contributed by atoms with Crippen molar-refractivity contribution >= 4 is 19.1 Å². The van der Waals surface area contributed by atoms with Gasteiger partial charge in [-0.1, -0.05) is 30.3 Å². The number of piperidine rings is 1. The molecule has 2 fully saturated rings. The van der Waals surface area contributed by atoms with Crippen LogP contribution in [-0.2, 0) is 16.0 Å². The van der Waals surface area contributed by atoms with Gasteiger partial charge in [-0.2, -0.15) is 5.26 Å². The standard InChI is InChI=1S/C26H35BF2N4O5/c1-25(2,32-13-11-26(28,29)18-32)15-20(16-30)23(34)33-12-7-6-10-21(33)17-38-24(35)31-22(27(36)37)14-19-8-4-3-5-9-19/h3-5,8-9,15,21-22,36-37H,6-7,10-14,17-18H2,1-2H3,(H,31,35)/t21-,22?/m1/s1. The lowest BCUT2D eigenvalue weighted by atomic mass is 9.76. The summed E-state index contributed by atoms with van der Waals surface area (Å²) in [5.41, 5.74) is -0.277. The van der Waals surface area contributed by atoms with Gasteiger partial charge in [0.25, 0.3) is 11.8 Å². The number of alkyl halides is 2. The van der Waals surface area contributed by atoms with Crippen molar-refractivity contribution in [1.29, 1.82) is 5.26 Å². The molecule has 0 aromatic heterocycles. The average Bonchev–Trinajstić information content (AvgIpc) is 3.26. The molecule has 0 bridgehead atoms. The Morgan fingerprint density at radius 2 is 2.00 bits per heavy atom. The minimum atomic E-state index is -2.80. The number of likely N-dealkylation sites (tertiary alicyclic amines) is 2. The Labute approximate surface area is 222 Å². The maximum absolute atomic E-state index is 13.8. The van der Waals surface area contributed by atoms with Crippen LogP contribution >= 0.6 is 0 Å². The Balaban J connectivity index is 1.63. The van der Waals surface area contributed by atoms with E-state index in [0.29, 0.717) is 19.4 Å². The van der Waals surface area contributed by atoms with Crippen LogP contribution in [0.15, 0.2) is 42.0 Å². The first kappa shape index (κ1) is 29.5. The molecule has 206 valence electrons. The molecule has 2 heterocycles. The van der Waals surface area contributed by atoms with Crippen molar-refractivity contribution in [3.63, 3.8) is 0 Å². The van der Waals surface area contributed by atoms with Crippen LogP contribution in [0, 0.1) is 11.3 Å². The van der Waals surface area contributed by atoms with Crippen LogP contribution in [0.1, 0.15) is 45.1 Å². The van der Waals surface area contributed by atoms with E-state index in [1.54, 1.807) is 43.0 Å². The summed E-state index contributed by atoms with van der Waals surface area (Å²) in [5, 5.41) is 31.6. The fraction of sp³-hybridized carbons (Fsp3) is 0.577. The smallest absolute Gasteiger partial charge is 0.447 e. The number of hydrogen-bond donors (Lipinski definition) is 3. The number of nitriles is 1. The summed E-state index contributed by atoms with van der Waals surface area (Å²) in [6.45, 7) is 3.33. The van der Waals surface area contributed by atoms with Gasteiger partial charge in [-0.3, -0.25) is 9.69 Å². The van der Waals surface area contributed by atoms with Gasteiger partial charge in [0, 0.05) is 25.0 Å². The molecule has 3 N–H and O–H groups in total. The summed E-state index contributed by atoms with van der Waals surface area (Å²) in [4.78, 5) is 28.8. The van der Waals surface area contributed by atoms with E-state index in [9.17, 15) is 33.7 Å². The van der Waals surface area contributed by atoms with Crippen molar-refractivity contribution in [2.75, 3.05) is 26.2 Å². The Morgan fingerprint density at radius 1 is 1.29 bits per heavy atom. The molecule has 38 heavy (non-hydrogen) atoms. The number of benzene rings is 1. The second-order valence-corrected chi connectivity index (χ2v) is 10.5. The van der Waals surface area contributed by atoms with E-state index in [1.807, 2.05) is 12.1 Å². The van der Waals surface area contributed by atoms with Crippen molar-refractivity contribution in [1.82, 2.24) is 15.1 Å². The van der Waals surface area contributed by atoms with E-state index in [0.717, 1.165) is 12.0 Å². The van der Waals surface area contributed by atoms with E-state index < -0.39 is 49.1 Å². The van der Waals surface area contributed by atoms with Gasteiger partial charge in [0.15, 0.2) is 0 Å². The molecule has 1 aromatic rings. The van der Waals surface area contributed by atoms with Crippen LogP contribution in [0.25, 0.3) is 0 Å². The highest BCUT2D eigenvalue weighted by Crippen LogP contribution is 2.33. The lowest BCUT2D eigenvalue weighted by Gasteiger charge is -2.36. The molecule has 2 aliphatic rings. The summed E-state index contributed by atoms with van der Waals surface area (Å²) >= 11 is 0. The van der Waals surface area contributed by atoms with Crippen LogP contribution < -0.4 is 5.32 Å². The topological polar surface area (TPSA) is 126 Å². The molecule has 2 amide bonds. The predicted octanol–water partition coefficient (Wildman–Crippen LogP) is 2.29. The molecule has 0 radical (unpaired) electrons. The summed E-state index contributed by atoms with van der Waals surface area (Å²) < 4.78 is 32.8. The Kier molecular flexibility index (Phi) is 9.87. The highest BCUT2D eigenvalue weighted by molar-refractivity contribution is 6.43. The van der Waals surface area contributed by atoms with Crippen molar-refractivity contribution in [3.8, 4) is 6.07 Å². The number of hydrogen-bond acceptors (Lipinski definition) is 7. The predicted molar refractivity (Wildman–Crippen MR) is 137 cm³/mol. The number of alkyl carbamates (subject to hydrolysis) is 1. The minimum absolute atomic E-state index is 0.141. The van der Waals surface area contributed by atoms with Gasteiger partial charge >= 0.3 is 13.2 Å². The monoisotopic (exact) mass is 532 g/mol. The highest BCUT2D eigenvalue weighted by Gasteiger charge is 2.43. The van der Waals surface area contributed by atoms with Gasteiger partial charge in [0.2, 0.25) is 0 Å². The Morgan fingerprint density at radius 3 is 2.61 bits per heavy atom. The molecule has 0 saturated carbocycles. The van der Waals surface area contributed by atoms with E-state index in [2.05, 4.69) is 5.32 Å². The number of ether oxygens (including phenoxy) is 1. The van der Waals surface area contributed by atoms with Crippen molar-refractivity contribution in [2.45, 2.75) is 69.4 Å². The number of nitrogens with one attached hydrogen (secondary N) is 1. The Hall–Kier alpha value is -3.01. The van der Waals surface area contributed by atoms with Gasteiger partial charge in [0.1, 0.15) is 18.2 Å². The number of nitrogens with zero attached hydrogens (tertiary/aromatic N) is 3. The van der Waals surface area contributed by atoms with Crippen LogP contribution in [0.5, 0.6) is 0 Å². The largest absolute Gasteiger partial charge is 0.475 e. The first-order valence-electron chi connectivity index (χ1n) is 12.8. The van der Waals surface area contributed by atoms with Crippen molar-refractivity contribution < 1.29 is 33.2 Å².